The van der Waals surface area contributed by atoms with Crippen LogP contribution in [0, 0.1) is 0 Å². The Kier molecular flexibility index (Phi) is 7.28. The zero-order valence-corrected chi connectivity index (χ0v) is 16.2. The molecule has 2 aromatic carbocycles. The Balaban J connectivity index is 1.49. The van der Waals surface area contributed by atoms with Gasteiger partial charge in [-0.15, -0.1) is 0 Å². The maximum absolute atomic E-state index is 12.6. The van der Waals surface area contributed by atoms with E-state index in [9.17, 15) is 4.79 Å². The molecular formula is C23H30N2O2. The number of piperidine rings is 1. The summed E-state index contributed by atoms with van der Waals surface area (Å²) in [6.07, 6.45) is 3.83. The van der Waals surface area contributed by atoms with Crippen molar-refractivity contribution in [2.24, 2.45) is 0 Å². The number of para-hydroxylation sites is 2. The largest absolute Gasteiger partial charge is 0.490 e. The van der Waals surface area contributed by atoms with Crippen molar-refractivity contribution in [3.63, 3.8) is 0 Å². The lowest BCUT2D eigenvalue weighted by Crippen LogP contribution is -2.43. The summed E-state index contributed by atoms with van der Waals surface area (Å²) in [5.74, 6) is 1.17. The number of ether oxygens (including phenoxy) is 1. The molecule has 0 saturated carbocycles. The van der Waals surface area contributed by atoms with Gasteiger partial charge in [0.2, 0.25) is 5.91 Å². The number of nitrogens with zero attached hydrogens (tertiary/aromatic N) is 2. The standard InChI is InChI=1S/C23H30N2O2/c1-2-9-23(26)25(20-10-5-3-6-11-20)19-18-24-16-14-22(15-17-24)27-21-12-7-4-8-13-21/h3-8,10-13,22H,2,9,14-19H2,1H3. The quantitative estimate of drug-likeness (QED) is 0.696. The summed E-state index contributed by atoms with van der Waals surface area (Å²) in [5, 5.41) is 0. The number of anilines is 1. The predicted octanol–water partition coefficient (Wildman–Crippen LogP) is 4.36. The van der Waals surface area contributed by atoms with E-state index in [1.54, 1.807) is 0 Å². The van der Waals surface area contributed by atoms with Gasteiger partial charge < -0.3 is 14.5 Å². The summed E-state index contributed by atoms with van der Waals surface area (Å²) < 4.78 is 6.08. The molecule has 1 heterocycles. The number of hydrogen-bond acceptors (Lipinski definition) is 3. The Morgan fingerprint density at radius 1 is 1.04 bits per heavy atom. The van der Waals surface area contributed by atoms with E-state index in [0.717, 1.165) is 56.9 Å². The fourth-order valence-electron chi connectivity index (χ4n) is 3.54. The molecule has 1 amide bonds. The lowest BCUT2D eigenvalue weighted by Gasteiger charge is -2.33. The van der Waals surface area contributed by atoms with Gasteiger partial charge in [0.15, 0.2) is 0 Å². The van der Waals surface area contributed by atoms with Crippen LogP contribution in [0.15, 0.2) is 60.7 Å². The van der Waals surface area contributed by atoms with E-state index in [4.69, 9.17) is 4.74 Å². The Morgan fingerprint density at radius 3 is 2.30 bits per heavy atom. The van der Waals surface area contributed by atoms with Gasteiger partial charge in [-0.3, -0.25) is 4.79 Å². The Morgan fingerprint density at radius 2 is 1.67 bits per heavy atom. The van der Waals surface area contributed by atoms with Gasteiger partial charge >= 0.3 is 0 Å². The summed E-state index contributed by atoms with van der Waals surface area (Å²) >= 11 is 0. The number of amides is 1. The molecule has 0 unspecified atom stereocenters. The number of carbonyl (C=O) groups excluding carboxylic acids is 1. The molecule has 144 valence electrons. The number of rotatable bonds is 8. The van der Waals surface area contributed by atoms with Gasteiger partial charge in [0.05, 0.1) is 0 Å². The van der Waals surface area contributed by atoms with Gasteiger partial charge in [0.25, 0.3) is 0 Å². The highest BCUT2D eigenvalue weighted by Crippen LogP contribution is 2.19. The van der Waals surface area contributed by atoms with Gasteiger partial charge in [0.1, 0.15) is 11.9 Å². The van der Waals surface area contributed by atoms with Crippen LogP contribution in [0.2, 0.25) is 0 Å². The zero-order chi connectivity index (χ0) is 18.9. The monoisotopic (exact) mass is 366 g/mol. The average molecular weight is 367 g/mol. The fourth-order valence-corrected chi connectivity index (χ4v) is 3.54. The fraction of sp³-hybridized carbons (Fsp3) is 0.435. The highest BCUT2D eigenvalue weighted by atomic mass is 16.5. The van der Waals surface area contributed by atoms with Gasteiger partial charge in [-0.25, -0.2) is 0 Å². The Bertz CT molecular complexity index is 682. The van der Waals surface area contributed by atoms with Crippen LogP contribution in [-0.2, 0) is 4.79 Å². The first-order chi connectivity index (χ1) is 13.3. The molecule has 1 aliphatic heterocycles. The third kappa shape index (κ3) is 5.83. The van der Waals surface area contributed by atoms with E-state index >= 15 is 0 Å². The molecule has 0 aliphatic carbocycles. The molecule has 0 atom stereocenters. The maximum Gasteiger partial charge on any atom is 0.227 e. The van der Waals surface area contributed by atoms with Crippen LogP contribution in [0.3, 0.4) is 0 Å². The molecule has 1 saturated heterocycles. The molecule has 0 N–H and O–H groups in total. The second-order valence-corrected chi connectivity index (χ2v) is 7.10. The second kappa shape index (κ2) is 10.1. The molecule has 1 aliphatic rings. The first kappa shape index (κ1) is 19.4. The summed E-state index contributed by atoms with van der Waals surface area (Å²) in [6, 6.07) is 20.1. The van der Waals surface area contributed by atoms with E-state index in [1.165, 1.54) is 0 Å². The highest BCUT2D eigenvalue weighted by molar-refractivity contribution is 5.93. The molecule has 0 spiro atoms. The molecular weight excluding hydrogens is 336 g/mol. The lowest BCUT2D eigenvalue weighted by molar-refractivity contribution is -0.118. The zero-order valence-electron chi connectivity index (χ0n) is 16.2. The van der Waals surface area contributed by atoms with Crippen LogP contribution < -0.4 is 9.64 Å². The van der Waals surface area contributed by atoms with E-state index < -0.39 is 0 Å². The molecule has 0 bridgehead atoms. The summed E-state index contributed by atoms with van der Waals surface area (Å²) in [5.41, 5.74) is 0.998. The summed E-state index contributed by atoms with van der Waals surface area (Å²) in [7, 11) is 0. The van der Waals surface area contributed by atoms with E-state index in [2.05, 4.69) is 11.8 Å². The van der Waals surface area contributed by atoms with E-state index in [-0.39, 0.29) is 12.0 Å². The van der Waals surface area contributed by atoms with Gasteiger partial charge in [-0.1, -0.05) is 43.3 Å². The van der Waals surface area contributed by atoms with Crippen molar-refractivity contribution in [1.82, 2.24) is 4.90 Å². The van der Waals surface area contributed by atoms with Crippen LogP contribution in [0.4, 0.5) is 5.69 Å². The first-order valence-corrected chi connectivity index (χ1v) is 10.1. The normalized spacial score (nSPS) is 15.4. The molecule has 27 heavy (non-hydrogen) atoms. The smallest absolute Gasteiger partial charge is 0.227 e. The molecule has 0 aromatic heterocycles. The van der Waals surface area contributed by atoms with Gasteiger partial charge in [0, 0.05) is 38.3 Å². The second-order valence-electron chi connectivity index (χ2n) is 7.10. The van der Waals surface area contributed by atoms with Crippen LogP contribution in [0.25, 0.3) is 0 Å². The van der Waals surface area contributed by atoms with Crippen molar-refractivity contribution in [1.29, 1.82) is 0 Å². The third-order valence-electron chi connectivity index (χ3n) is 5.05. The highest BCUT2D eigenvalue weighted by Gasteiger charge is 2.22. The summed E-state index contributed by atoms with van der Waals surface area (Å²) in [4.78, 5) is 16.9. The van der Waals surface area contributed by atoms with Gasteiger partial charge in [-0.2, -0.15) is 0 Å². The van der Waals surface area contributed by atoms with Crippen molar-refractivity contribution >= 4 is 11.6 Å². The molecule has 3 rings (SSSR count). The molecule has 4 nitrogen and oxygen atoms in total. The lowest BCUT2D eigenvalue weighted by atomic mass is 10.1. The Labute approximate surface area is 162 Å². The molecule has 2 aromatic rings. The molecule has 0 radical (unpaired) electrons. The minimum atomic E-state index is 0.214. The Hall–Kier alpha value is -2.33. The van der Waals surface area contributed by atoms with E-state index in [0.29, 0.717) is 6.42 Å². The number of benzene rings is 2. The van der Waals surface area contributed by atoms with Gasteiger partial charge in [-0.05, 0) is 43.5 Å². The third-order valence-corrected chi connectivity index (χ3v) is 5.05. The van der Waals surface area contributed by atoms with Crippen LogP contribution in [-0.4, -0.2) is 43.1 Å². The average Bonchev–Trinajstić information content (AvgIpc) is 2.71. The van der Waals surface area contributed by atoms with E-state index in [1.807, 2.05) is 65.6 Å². The maximum atomic E-state index is 12.6. The SMILES string of the molecule is CCCC(=O)N(CCN1CCC(Oc2ccccc2)CC1)c1ccccc1. The van der Waals surface area contributed by atoms with Crippen molar-refractivity contribution in [2.75, 3.05) is 31.1 Å². The van der Waals surface area contributed by atoms with Crippen LogP contribution in [0.5, 0.6) is 5.75 Å². The minimum Gasteiger partial charge on any atom is -0.490 e. The molecule has 4 heteroatoms. The first-order valence-electron chi connectivity index (χ1n) is 10.1. The molecule has 1 fully saturated rings. The summed E-state index contributed by atoms with van der Waals surface area (Å²) in [6.45, 7) is 5.73. The predicted molar refractivity (Wildman–Crippen MR) is 110 cm³/mol. The van der Waals surface area contributed by atoms with Crippen molar-refractivity contribution in [3.8, 4) is 5.75 Å². The topological polar surface area (TPSA) is 32.8 Å². The number of likely N-dealkylation sites (tertiary alicyclic amines) is 1. The van der Waals surface area contributed by atoms with Crippen molar-refractivity contribution in [3.05, 3.63) is 60.7 Å². The van der Waals surface area contributed by atoms with Crippen molar-refractivity contribution < 1.29 is 9.53 Å². The minimum absolute atomic E-state index is 0.214. The van der Waals surface area contributed by atoms with Crippen LogP contribution in [0.1, 0.15) is 32.6 Å². The number of carbonyl (C=O) groups is 1. The van der Waals surface area contributed by atoms with Crippen molar-refractivity contribution in [2.45, 2.75) is 38.7 Å². The van der Waals surface area contributed by atoms with Crippen LogP contribution >= 0.6 is 0 Å². The number of hydrogen-bond donors (Lipinski definition) is 0.